The van der Waals surface area contributed by atoms with Gasteiger partial charge in [-0.25, -0.2) is 0 Å². The van der Waals surface area contributed by atoms with E-state index in [9.17, 15) is 0 Å². The molecular formula is C57H42N2. The Bertz CT molecular complexity index is 3170. The van der Waals surface area contributed by atoms with Crippen molar-refractivity contribution in [2.75, 3.05) is 4.90 Å². The highest BCUT2D eigenvalue weighted by atomic mass is 15.1. The third kappa shape index (κ3) is 5.71. The average molecular weight is 755 g/mol. The van der Waals surface area contributed by atoms with E-state index in [4.69, 9.17) is 0 Å². The van der Waals surface area contributed by atoms with Crippen LogP contribution in [0.2, 0.25) is 0 Å². The van der Waals surface area contributed by atoms with Gasteiger partial charge in [0.15, 0.2) is 0 Å². The van der Waals surface area contributed by atoms with E-state index in [2.05, 4.69) is 242 Å². The molecular weight excluding hydrogens is 713 g/mol. The summed E-state index contributed by atoms with van der Waals surface area (Å²) in [6, 6.07) is 79.7. The number of fused-ring (bicyclic) bond motifs is 6. The normalized spacial score (nSPS) is 12.7. The monoisotopic (exact) mass is 754 g/mol. The zero-order valence-corrected chi connectivity index (χ0v) is 33.2. The van der Waals surface area contributed by atoms with E-state index in [1.165, 1.54) is 83.1 Å². The van der Waals surface area contributed by atoms with Crippen molar-refractivity contribution in [3.63, 3.8) is 0 Å². The first-order chi connectivity index (χ1) is 29.0. The van der Waals surface area contributed by atoms with Crippen LogP contribution in [0.15, 0.2) is 218 Å². The number of aromatic nitrogens is 1. The first kappa shape index (κ1) is 34.8. The van der Waals surface area contributed by atoms with Gasteiger partial charge in [0.05, 0.1) is 16.7 Å². The number of anilines is 3. The largest absolute Gasteiger partial charge is 0.310 e. The lowest BCUT2D eigenvalue weighted by Gasteiger charge is -2.30. The lowest BCUT2D eigenvalue weighted by molar-refractivity contribution is 0.660. The molecule has 10 aromatic rings. The first-order valence-corrected chi connectivity index (χ1v) is 20.5. The van der Waals surface area contributed by atoms with E-state index in [1.807, 2.05) is 0 Å². The Kier molecular flexibility index (Phi) is 8.20. The van der Waals surface area contributed by atoms with Gasteiger partial charge in [-0.3, -0.25) is 0 Å². The smallest absolute Gasteiger partial charge is 0.0541 e. The fourth-order valence-electron chi connectivity index (χ4n) is 9.54. The Morgan fingerprint density at radius 3 is 1.69 bits per heavy atom. The molecule has 1 heterocycles. The quantitative estimate of drug-likeness (QED) is 0.157. The standard InChI is InChI=1S/C57H42N2/c1-57(2)52-37-43(58(42-22-10-5-11-23-42)54-28-16-14-26-49(54)46-25-13-12-24-45(46)40-20-8-4-9-21-40)31-33-47(52)48-34-32-44(38-53(48)57)59-55-29-17-15-27-50(55)51-36-41(30-35-56(51)59)39-18-6-3-7-19-39/h3-38H,1-2H3. The maximum absolute atomic E-state index is 2.45. The van der Waals surface area contributed by atoms with E-state index in [0.717, 1.165) is 17.1 Å². The maximum Gasteiger partial charge on any atom is 0.0541 e. The Morgan fingerprint density at radius 1 is 0.356 bits per heavy atom. The van der Waals surface area contributed by atoms with Gasteiger partial charge in [-0.2, -0.15) is 0 Å². The second-order valence-corrected chi connectivity index (χ2v) is 16.1. The van der Waals surface area contributed by atoms with Gasteiger partial charge in [-0.1, -0.05) is 172 Å². The summed E-state index contributed by atoms with van der Waals surface area (Å²) in [4.78, 5) is 2.43. The van der Waals surface area contributed by atoms with E-state index < -0.39 is 0 Å². The molecule has 1 aromatic heterocycles. The number of para-hydroxylation sites is 3. The molecule has 0 saturated carbocycles. The number of hydrogen-bond acceptors (Lipinski definition) is 1. The zero-order chi connectivity index (χ0) is 39.5. The fraction of sp³-hybridized carbons (Fsp3) is 0.0526. The van der Waals surface area contributed by atoms with Crippen molar-refractivity contribution in [3.05, 3.63) is 230 Å². The Balaban J connectivity index is 1.04. The van der Waals surface area contributed by atoms with Gasteiger partial charge in [0.1, 0.15) is 0 Å². The molecule has 0 atom stereocenters. The molecule has 1 aliphatic carbocycles. The van der Waals surface area contributed by atoms with Crippen molar-refractivity contribution in [2.45, 2.75) is 19.3 Å². The van der Waals surface area contributed by atoms with Crippen molar-refractivity contribution < 1.29 is 0 Å². The molecule has 1 aliphatic rings. The molecule has 0 spiro atoms. The van der Waals surface area contributed by atoms with Gasteiger partial charge in [0, 0.05) is 38.8 Å². The molecule has 0 unspecified atom stereocenters. The van der Waals surface area contributed by atoms with Crippen LogP contribution in [0.4, 0.5) is 17.1 Å². The fourth-order valence-corrected chi connectivity index (χ4v) is 9.54. The highest BCUT2D eigenvalue weighted by Crippen LogP contribution is 2.52. The molecule has 59 heavy (non-hydrogen) atoms. The predicted molar refractivity (Wildman–Crippen MR) is 249 cm³/mol. The SMILES string of the molecule is CC1(C)c2cc(N(c3ccccc3)c3ccccc3-c3ccccc3-c3ccccc3)ccc2-c2ccc(-n3c4ccccc4c4cc(-c5ccccc5)ccc43)cc21. The van der Waals surface area contributed by atoms with Crippen molar-refractivity contribution >= 4 is 38.9 Å². The third-order valence-electron chi connectivity index (χ3n) is 12.4. The molecule has 0 radical (unpaired) electrons. The lowest BCUT2D eigenvalue weighted by Crippen LogP contribution is -2.17. The summed E-state index contributed by atoms with van der Waals surface area (Å²) in [5, 5.41) is 2.53. The summed E-state index contributed by atoms with van der Waals surface area (Å²) in [6.45, 7) is 4.78. The van der Waals surface area contributed by atoms with Crippen LogP contribution in [0, 0.1) is 0 Å². The van der Waals surface area contributed by atoms with Gasteiger partial charge < -0.3 is 9.47 Å². The lowest BCUT2D eigenvalue weighted by atomic mass is 9.82. The molecule has 9 aromatic carbocycles. The Hall–Kier alpha value is -7.42. The summed E-state index contributed by atoms with van der Waals surface area (Å²) in [6.07, 6.45) is 0. The van der Waals surface area contributed by atoms with Crippen LogP contribution in [0.25, 0.3) is 72.0 Å². The molecule has 0 aliphatic heterocycles. The van der Waals surface area contributed by atoms with Crippen LogP contribution in [-0.2, 0) is 5.41 Å². The first-order valence-electron chi connectivity index (χ1n) is 20.5. The molecule has 11 rings (SSSR count). The van der Waals surface area contributed by atoms with Crippen molar-refractivity contribution in [3.8, 4) is 50.2 Å². The molecule has 280 valence electrons. The second kappa shape index (κ2) is 13.9. The van der Waals surface area contributed by atoms with Gasteiger partial charge in [0.25, 0.3) is 0 Å². The molecule has 2 nitrogen and oxygen atoms in total. The van der Waals surface area contributed by atoms with Crippen LogP contribution in [-0.4, -0.2) is 4.57 Å². The van der Waals surface area contributed by atoms with E-state index in [0.29, 0.717) is 0 Å². The minimum Gasteiger partial charge on any atom is -0.310 e. The summed E-state index contributed by atoms with van der Waals surface area (Å²) in [7, 11) is 0. The van der Waals surface area contributed by atoms with Crippen LogP contribution in [0.5, 0.6) is 0 Å². The average Bonchev–Trinajstić information content (AvgIpc) is 3.75. The maximum atomic E-state index is 2.45. The van der Waals surface area contributed by atoms with E-state index in [1.54, 1.807) is 0 Å². The molecule has 0 N–H and O–H groups in total. The van der Waals surface area contributed by atoms with Crippen LogP contribution < -0.4 is 4.90 Å². The van der Waals surface area contributed by atoms with Crippen molar-refractivity contribution in [1.29, 1.82) is 0 Å². The van der Waals surface area contributed by atoms with E-state index in [-0.39, 0.29) is 5.41 Å². The number of nitrogens with zero attached hydrogens (tertiary/aromatic N) is 2. The van der Waals surface area contributed by atoms with Gasteiger partial charge in [-0.15, -0.1) is 0 Å². The topological polar surface area (TPSA) is 8.17 Å². The molecule has 0 amide bonds. The second-order valence-electron chi connectivity index (χ2n) is 16.1. The zero-order valence-electron chi connectivity index (χ0n) is 33.2. The number of rotatable bonds is 7. The van der Waals surface area contributed by atoms with Crippen LogP contribution in [0.3, 0.4) is 0 Å². The van der Waals surface area contributed by atoms with Gasteiger partial charge >= 0.3 is 0 Å². The molecule has 0 bridgehead atoms. The van der Waals surface area contributed by atoms with Crippen LogP contribution >= 0.6 is 0 Å². The van der Waals surface area contributed by atoms with Crippen molar-refractivity contribution in [1.82, 2.24) is 4.57 Å². The highest BCUT2D eigenvalue weighted by molar-refractivity contribution is 6.10. The minimum absolute atomic E-state index is 0.238. The Morgan fingerprint density at radius 2 is 0.932 bits per heavy atom. The summed E-state index contributed by atoms with van der Waals surface area (Å²) in [5.74, 6) is 0. The van der Waals surface area contributed by atoms with Crippen molar-refractivity contribution in [2.24, 2.45) is 0 Å². The van der Waals surface area contributed by atoms with E-state index >= 15 is 0 Å². The summed E-state index contributed by atoms with van der Waals surface area (Å²) in [5.41, 5.74) is 19.3. The van der Waals surface area contributed by atoms with Crippen LogP contribution in [0.1, 0.15) is 25.0 Å². The minimum atomic E-state index is -0.238. The van der Waals surface area contributed by atoms with Gasteiger partial charge in [0.2, 0.25) is 0 Å². The number of hydrogen-bond donors (Lipinski definition) is 0. The van der Waals surface area contributed by atoms with Gasteiger partial charge in [-0.05, 0) is 111 Å². The summed E-state index contributed by atoms with van der Waals surface area (Å²) >= 11 is 0. The third-order valence-corrected chi connectivity index (χ3v) is 12.4. The molecule has 2 heteroatoms. The summed E-state index contributed by atoms with van der Waals surface area (Å²) < 4.78 is 2.45. The highest BCUT2D eigenvalue weighted by Gasteiger charge is 2.37. The predicted octanol–water partition coefficient (Wildman–Crippen LogP) is 15.6. The molecule has 0 fully saturated rings. The number of benzene rings is 9. The molecule has 0 saturated heterocycles. The Labute approximate surface area is 345 Å².